The van der Waals surface area contributed by atoms with Crippen LogP contribution in [0.5, 0.6) is 0 Å². The third kappa shape index (κ3) is 3.66. The molecule has 0 saturated carbocycles. The third-order valence-electron chi connectivity index (χ3n) is 3.83. The van der Waals surface area contributed by atoms with E-state index in [2.05, 4.69) is 25.7 Å². The normalized spacial score (nSPS) is 15.0. The Kier molecular flexibility index (Phi) is 4.75. The lowest BCUT2D eigenvalue weighted by Gasteiger charge is -2.32. The van der Waals surface area contributed by atoms with E-state index in [0.717, 1.165) is 13.1 Å². The number of furan rings is 1. The zero-order chi connectivity index (χ0) is 17.8. The molecule has 2 aromatic rings. The molecular formula is C14H17N7O4. The Morgan fingerprint density at radius 2 is 2.08 bits per heavy atom. The van der Waals surface area contributed by atoms with Gasteiger partial charge in [0, 0.05) is 26.2 Å². The van der Waals surface area contributed by atoms with E-state index < -0.39 is 10.8 Å². The summed E-state index contributed by atoms with van der Waals surface area (Å²) in [6.45, 7) is 2.79. The molecule has 0 bridgehead atoms. The lowest BCUT2D eigenvalue weighted by molar-refractivity contribution is -0.383. The van der Waals surface area contributed by atoms with Gasteiger partial charge in [-0.1, -0.05) is 0 Å². The quantitative estimate of drug-likeness (QED) is 0.586. The van der Waals surface area contributed by atoms with Crippen LogP contribution >= 0.6 is 0 Å². The largest absolute Gasteiger partial charge is 0.459 e. The highest BCUT2D eigenvalue weighted by molar-refractivity contribution is 5.92. The summed E-state index contributed by atoms with van der Waals surface area (Å²) in [6.07, 6.45) is 2.58. The Balaban J connectivity index is 1.80. The standard InChI is InChI=1S/C14H17N7O4/c1-19-4-6-20(7-5-19)13-11(21(23)24)12(15-9-16-13)17-18-14(22)10-3-2-8-25-10/h2-3,8-9H,4-7H2,1H3,(H,18,22)(H,15,16,17). The lowest BCUT2D eigenvalue weighted by atomic mass is 10.3. The van der Waals surface area contributed by atoms with Crippen molar-refractivity contribution in [3.8, 4) is 0 Å². The average Bonchev–Trinajstić information content (AvgIpc) is 3.14. The van der Waals surface area contributed by atoms with Crippen LogP contribution in [0.1, 0.15) is 10.6 Å². The van der Waals surface area contributed by atoms with E-state index >= 15 is 0 Å². The summed E-state index contributed by atoms with van der Waals surface area (Å²) < 4.78 is 4.96. The van der Waals surface area contributed by atoms with Crippen molar-refractivity contribution in [2.45, 2.75) is 0 Å². The number of nitro groups is 1. The van der Waals surface area contributed by atoms with Crippen LogP contribution in [0.4, 0.5) is 17.3 Å². The number of likely N-dealkylation sites (N-methyl/N-ethyl adjacent to an activating group) is 1. The molecule has 0 aromatic carbocycles. The molecule has 0 spiro atoms. The fourth-order valence-corrected chi connectivity index (χ4v) is 2.46. The molecule has 3 rings (SSSR count). The highest BCUT2D eigenvalue weighted by Crippen LogP contribution is 2.31. The first kappa shape index (κ1) is 16.6. The molecule has 132 valence electrons. The van der Waals surface area contributed by atoms with Gasteiger partial charge in [0.1, 0.15) is 6.33 Å². The van der Waals surface area contributed by atoms with Crippen LogP contribution in [-0.4, -0.2) is 58.9 Å². The smallest absolute Gasteiger partial charge is 0.355 e. The molecule has 0 radical (unpaired) electrons. The highest BCUT2D eigenvalue weighted by atomic mass is 16.6. The summed E-state index contributed by atoms with van der Waals surface area (Å²) in [6, 6.07) is 3.04. The molecule has 0 aliphatic carbocycles. The van der Waals surface area contributed by atoms with Crippen molar-refractivity contribution in [2.75, 3.05) is 43.6 Å². The van der Waals surface area contributed by atoms with Gasteiger partial charge in [0.25, 0.3) is 0 Å². The summed E-state index contributed by atoms with van der Waals surface area (Å²) in [7, 11) is 1.99. The number of anilines is 2. The molecule has 1 aliphatic rings. The maximum Gasteiger partial charge on any atom is 0.355 e. The number of carbonyl (C=O) groups excluding carboxylic acids is 1. The second-order valence-corrected chi connectivity index (χ2v) is 5.50. The number of rotatable bonds is 5. The number of hydrogen-bond acceptors (Lipinski definition) is 9. The van der Waals surface area contributed by atoms with Crippen LogP contribution in [0.15, 0.2) is 29.1 Å². The molecule has 1 fully saturated rings. The fraction of sp³-hybridized carbons (Fsp3) is 0.357. The first-order valence-corrected chi connectivity index (χ1v) is 7.59. The van der Waals surface area contributed by atoms with Gasteiger partial charge in [-0.25, -0.2) is 9.97 Å². The van der Waals surface area contributed by atoms with Crippen molar-refractivity contribution in [1.82, 2.24) is 20.3 Å². The van der Waals surface area contributed by atoms with Crippen molar-refractivity contribution in [3.63, 3.8) is 0 Å². The van der Waals surface area contributed by atoms with Crippen LogP contribution in [0.2, 0.25) is 0 Å². The van der Waals surface area contributed by atoms with Gasteiger partial charge in [-0.3, -0.25) is 25.8 Å². The predicted octanol–water partition coefficient (Wildman–Crippen LogP) is 0.486. The van der Waals surface area contributed by atoms with E-state index in [9.17, 15) is 14.9 Å². The second kappa shape index (κ2) is 7.13. The number of aromatic nitrogens is 2. The number of carbonyl (C=O) groups is 1. The SMILES string of the molecule is CN1CCN(c2ncnc(NNC(=O)c3ccco3)c2[N+](=O)[O-])CC1. The Labute approximate surface area is 142 Å². The highest BCUT2D eigenvalue weighted by Gasteiger charge is 2.29. The van der Waals surface area contributed by atoms with Gasteiger partial charge < -0.3 is 14.2 Å². The molecule has 11 heteroatoms. The van der Waals surface area contributed by atoms with Gasteiger partial charge in [-0.2, -0.15) is 0 Å². The number of hydrazine groups is 1. The van der Waals surface area contributed by atoms with Crippen molar-refractivity contribution < 1.29 is 14.1 Å². The van der Waals surface area contributed by atoms with Gasteiger partial charge in [-0.15, -0.1) is 0 Å². The average molecular weight is 347 g/mol. The Hall–Kier alpha value is -3.21. The van der Waals surface area contributed by atoms with Crippen LogP contribution < -0.4 is 15.8 Å². The monoisotopic (exact) mass is 347 g/mol. The molecule has 11 nitrogen and oxygen atoms in total. The zero-order valence-electron chi connectivity index (χ0n) is 13.5. The molecule has 2 aromatic heterocycles. The van der Waals surface area contributed by atoms with Gasteiger partial charge >= 0.3 is 11.6 Å². The molecule has 1 amide bonds. The maximum atomic E-state index is 11.9. The van der Waals surface area contributed by atoms with E-state index in [1.165, 1.54) is 18.7 Å². The fourth-order valence-electron chi connectivity index (χ4n) is 2.46. The van der Waals surface area contributed by atoms with E-state index in [-0.39, 0.29) is 23.1 Å². The molecule has 1 saturated heterocycles. The summed E-state index contributed by atoms with van der Waals surface area (Å²) >= 11 is 0. The molecule has 0 atom stereocenters. The van der Waals surface area contributed by atoms with Crippen LogP contribution in [-0.2, 0) is 0 Å². The van der Waals surface area contributed by atoms with Gasteiger partial charge in [0.15, 0.2) is 5.76 Å². The Bertz CT molecular complexity index is 757. The van der Waals surface area contributed by atoms with Crippen molar-refractivity contribution in [1.29, 1.82) is 0 Å². The number of nitrogens with one attached hydrogen (secondary N) is 2. The maximum absolute atomic E-state index is 11.9. The van der Waals surface area contributed by atoms with Gasteiger partial charge in [-0.05, 0) is 19.2 Å². The number of amides is 1. The van der Waals surface area contributed by atoms with Gasteiger partial charge in [0.05, 0.1) is 11.2 Å². The van der Waals surface area contributed by atoms with E-state index in [0.29, 0.717) is 13.1 Å². The predicted molar refractivity (Wildman–Crippen MR) is 88.2 cm³/mol. The zero-order valence-corrected chi connectivity index (χ0v) is 13.5. The van der Waals surface area contributed by atoms with Crippen molar-refractivity contribution in [2.24, 2.45) is 0 Å². The third-order valence-corrected chi connectivity index (χ3v) is 3.83. The minimum absolute atomic E-state index is 0.0727. The summed E-state index contributed by atoms with van der Waals surface area (Å²) in [5, 5.41) is 11.5. The van der Waals surface area contributed by atoms with E-state index in [1.807, 2.05) is 11.9 Å². The minimum Gasteiger partial charge on any atom is -0.459 e. The van der Waals surface area contributed by atoms with E-state index in [1.54, 1.807) is 6.07 Å². The first-order chi connectivity index (χ1) is 12.1. The Morgan fingerprint density at radius 1 is 1.32 bits per heavy atom. The minimum atomic E-state index is -0.570. The number of nitrogens with zero attached hydrogens (tertiary/aromatic N) is 5. The first-order valence-electron chi connectivity index (χ1n) is 7.59. The number of hydrogen-bond donors (Lipinski definition) is 2. The van der Waals surface area contributed by atoms with E-state index in [4.69, 9.17) is 4.42 Å². The molecule has 0 unspecified atom stereocenters. The molecule has 25 heavy (non-hydrogen) atoms. The molecular weight excluding hydrogens is 330 g/mol. The van der Waals surface area contributed by atoms with Crippen LogP contribution in [0.3, 0.4) is 0 Å². The topological polar surface area (TPSA) is 130 Å². The van der Waals surface area contributed by atoms with Crippen molar-refractivity contribution >= 4 is 23.2 Å². The van der Waals surface area contributed by atoms with Gasteiger partial charge in [0.2, 0.25) is 11.6 Å². The molecule has 2 N–H and O–H groups in total. The Morgan fingerprint density at radius 3 is 2.72 bits per heavy atom. The number of piperazine rings is 1. The summed E-state index contributed by atoms with van der Waals surface area (Å²) in [5.41, 5.74) is 4.53. The lowest BCUT2D eigenvalue weighted by Crippen LogP contribution is -2.45. The van der Waals surface area contributed by atoms with Crippen molar-refractivity contribution in [3.05, 3.63) is 40.6 Å². The molecule has 1 aliphatic heterocycles. The summed E-state index contributed by atoms with van der Waals surface area (Å²) in [4.78, 5) is 34.8. The molecule has 3 heterocycles. The summed E-state index contributed by atoms with van der Waals surface area (Å²) in [5.74, 6) is -0.362. The second-order valence-electron chi connectivity index (χ2n) is 5.50. The van der Waals surface area contributed by atoms with Crippen LogP contribution in [0, 0.1) is 10.1 Å². The van der Waals surface area contributed by atoms with Crippen LogP contribution in [0.25, 0.3) is 0 Å².